The minimum atomic E-state index is -0.245. The molecule has 3 aromatic rings. The molecule has 116 valence electrons. The molecule has 4 rings (SSSR count). The topological polar surface area (TPSA) is 48.2 Å². The van der Waals surface area contributed by atoms with Crippen molar-refractivity contribution in [2.45, 2.75) is 12.3 Å². The zero-order valence-electron chi connectivity index (χ0n) is 12.4. The first kappa shape index (κ1) is 14.1. The summed E-state index contributed by atoms with van der Waals surface area (Å²) in [5, 5.41) is 4.07. The summed E-state index contributed by atoms with van der Waals surface area (Å²) in [7, 11) is 0. The van der Waals surface area contributed by atoms with Gasteiger partial charge in [-0.3, -0.25) is 0 Å². The molecule has 1 aliphatic rings. The fraction of sp³-hybridized carbons (Fsp3) is 0.222. The molecule has 0 aliphatic carbocycles. The van der Waals surface area contributed by atoms with Crippen LogP contribution in [0.5, 0.6) is 0 Å². The summed E-state index contributed by atoms with van der Waals surface area (Å²) in [5.41, 5.74) is 2.77. The molecule has 0 amide bonds. The van der Waals surface area contributed by atoms with Crippen LogP contribution in [0.2, 0.25) is 0 Å². The van der Waals surface area contributed by atoms with Crippen LogP contribution in [0.15, 0.2) is 53.1 Å². The Morgan fingerprint density at radius 2 is 1.83 bits per heavy atom. The quantitative estimate of drug-likeness (QED) is 0.732. The van der Waals surface area contributed by atoms with E-state index in [1.807, 2.05) is 24.3 Å². The first-order valence-electron chi connectivity index (χ1n) is 7.57. The van der Waals surface area contributed by atoms with Crippen molar-refractivity contribution in [3.05, 3.63) is 60.2 Å². The molecule has 1 aromatic heterocycles. The Labute approximate surface area is 132 Å². The Kier molecular flexibility index (Phi) is 3.63. The van der Waals surface area contributed by atoms with E-state index < -0.39 is 0 Å². The monoisotopic (exact) mass is 310 g/mol. The molecule has 0 radical (unpaired) electrons. The molecule has 1 atom stereocenters. The minimum absolute atomic E-state index is 0.216. The lowest BCUT2D eigenvalue weighted by molar-refractivity contribution is 0.192. The largest absolute Gasteiger partial charge is 0.381 e. The van der Waals surface area contributed by atoms with E-state index in [2.05, 4.69) is 10.1 Å². The molecule has 0 saturated carbocycles. The highest BCUT2D eigenvalue weighted by atomic mass is 19.1. The third kappa shape index (κ3) is 2.87. The van der Waals surface area contributed by atoms with E-state index in [-0.39, 0.29) is 11.7 Å². The van der Waals surface area contributed by atoms with Gasteiger partial charge in [0.25, 0.3) is 5.89 Å². The van der Waals surface area contributed by atoms with Crippen molar-refractivity contribution in [2.75, 3.05) is 13.2 Å². The molecule has 0 N–H and O–H groups in total. The number of hydrogen-bond donors (Lipinski definition) is 0. The molecule has 23 heavy (non-hydrogen) atoms. The zero-order chi connectivity index (χ0) is 15.6. The Morgan fingerprint density at radius 1 is 1.00 bits per heavy atom. The summed E-state index contributed by atoms with van der Waals surface area (Å²) in [4.78, 5) is 4.49. The first-order valence-corrected chi connectivity index (χ1v) is 7.57. The second-order valence-electron chi connectivity index (χ2n) is 5.61. The van der Waals surface area contributed by atoms with Crippen LogP contribution in [0.25, 0.3) is 22.6 Å². The molecule has 4 nitrogen and oxygen atoms in total. The first-order chi connectivity index (χ1) is 11.3. The van der Waals surface area contributed by atoms with Crippen LogP contribution >= 0.6 is 0 Å². The van der Waals surface area contributed by atoms with Crippen LogP contribution in [-0.2, 0) is 4.74 Å². The average Bonchev–Trinajstić information content (AvgIpc) is 3.27. The predicted molar refractivity (Wildman–Crippen MR) is 83.3 cm³/mol. The van der Waals surface area contributed by atoms with Gasteiger partial charge in [-0.25, -0.2) is 4.39 Å². The van der Waals surface area contributed by atoms with Crippen LogP contribution in [-0.4, -0.2) is 23.4 Å². The van der Waals surface area contributed by atoms with Crippen LogP contribution in [0.1, 0.15) is 18.2 Å². The molecule has 2 heterocycles. The van der Waals surface area contributed by atoms with Crippen LogP contribution < -0.4 is 0 Å². The highest BCUT2D eigenvalue weighted by molar-refractivity contribution is 5.69. The Hall–Kier alpha value is -2.53. The number of halogens is 1. The maximum Gasteiger partial charge on any atom is 0.257 e. The lowest BCUT2D eigenvalue weighted by Gasteiger charge is -2.03. The summed E-state index contributed by atoms with van der Waals surface area (Å²) in [5.74, 6) is 1.17. The highest BCUT2D eigenvalue weighted by Crippen LogP contribution is 2.28. The molecule has 1 saturated heterocycles. The summed E-state index contributed by atoms with van der Waals surface area (Å²) >= 11 is 0. The van der Waals surface area contributed by atoms with E-state index >= 15 is 0 Å². The molecule has 0 spiro atoms. The predicted octanol–water partition coefficient (Wildman–Crippen LogP) is 4.05. The van der Waals surface area contributed by atoms with Crippen molar-refractivity contribution in [1.29, 1.82) is 0 Å². The molecular weight excluding hydrogens is 295 g/mol. The highest BCUT2D eigenvalue weighted by Gasteiger charge is 2.23. The van der Waals surface area contributed by atoms with E-state index in [1.165, 1.54) is 12.1 Å². The smallest absolute Gasteiger partial charge is 0.257 e. The minimum Gasteiger partial charge on any atom is -0.381 e. The lowest BCUT2D eigenvalue weighted by Crippen LogP contribution is -1.99. The summed E-state index contributed by atoms with van der Waals surface area (Å²) < 4.78 is 23.8. The second kappa shape index (κ2) is 5.93. The van der Waals surface area contributed by atoms with Gasteiger partial charge in [0.1, 0.15) is 5.82 Å². The van der Waals surface area contributed by atoms with Crippen molar-refractivity contribution in [3.8, 4) is 22.6 Å². The van der Waals surface area contributed by atoms with Crippen molar-refractivity contribution in [3.63, 3.8) is 0 Å². The maximum atomic E-state index is 13.1. The van der Waals surface area contributed by atoms with Gasteiger partial charge < -0.3 is 9.26 Å². The van der Waals surface area contributed by atoms with E-state index in [9.17, 15) is 4.39 Å². The molecule has 0 unspecified atom stereocenters. The Bertz CT molecular complexity index is 808. The van der Waals surface area contributed by atoms with Gasteiger partial charge >= 0.3 is 0 Å². The van der Waals surface area contributed by atoms with Gasteiger partial charge in [-0.05, 0) is 41.8 Å². The van der Waals surface area contributed by atoms with E-state index in [1.54, 1.807) is 12.1 Å². The van der Waals surface area contributed by atoms with Gasteiger partial charge in [0.15, 0.2) is 5.82 Å². The van der Waals surface area contributed by atoms with Crippen LogP contribution in [0.3, 0.4) is 0 Å². The van der Waals surface area contributed by atoms with Gasteiger partial charge in [0, 0.05) is 18.1 Å². The molecular formula is C18H15FN2O2. The molecule has 2 aromatic carbocycles. The summed E-state index contributed by atoms with van der Waals surface area (Å²) in [6, 6.07) is 14.2. The maximum absolute atomic E-state index is 13.1. The Balaban J connectivity index is 1.64. The molecule has 1 fully saturated rings. The lowest BCUT2D eigenvalue weighted by atomic mass is 10.0. The van der Waals surface area contributed by atoms with E-state index in [4.69, 9.17) is 9.26 Å². The third-order valence-electron chi connectivity index (χ3n) is 4.02. The van der Waals surface area contributed by atoms with Crippen LogP contribution in [0.4, 0.5) is 4.39 Å². The SMILES string of the molecule is Fc1ccc(-c2cccc(-c3nc([C@H]4CCOC4)no3)c2)cc1. The average molecular weight is 310 g/mol. The van der Waals surface area contributed by atoms with Crippen molar-refractivity contribution < 1.29 is 13.7 Å². The molecule has 5 heteroatoms. The van der Waals surface area contributed by atoms with E-state index in [0.29, 0.717) is 18.3 Å². The van der Waals surface area contributed by atoms with Crippen molar-refractivity contribution in [1.82, 2.24) is 10.1 Å². The summed E-state index contributed by atoms with van der Waals surface area (Å²) in [6.45, 7) is 1.39. The van der Waals surface area contributed by atoms with Gasteiger partial charge in [0.05, 0.1) is 6.61 Å². The standard InChI is InChI=1S/C18H15FN2O2/c19-16-6-4-12(5-7-16)13-2-1-3-14(10-13)18-20-17(21-23-18)15-8-9-22-11-15/h1-7,10,15H,8-9,11H2/t15-/m0/s1. The summed E-state index contributed by atoms with van der Waals surface area (Å²) in [6.07, 6.45) is 0.925. The zero-order valence-corrected chi connectivity index (χ0v) is 12.4. The number of rotatable bonds is 3. The van der Waals surface area contributed by atoms with Gasteiger partial charge in [-0.1, -0.05) is 29.4 Å². The van der Waals surface area contributed by atoms with Crippen LogP contribution in [0, 0.1) is 5.82 Å². The number of ether oxygens (including phenoxy) is 1. The normalized spacial score (nSPS) is 17.5. The fourth-order valence-electron chi connectivity index (χ4n) is 2.73. The van der Waals surface area contributed by atoms with Gasteiger partial charge in [0.2, 0.25) is 0 Å². The Morgan fingerprint density at radius 3 is 2.61 bits per heavy atom. The van der Waals surface area contributed by atoms with Crippen molar-refractivity contribution in [2.24, 2.45) is 0 Å². The van der Waals surface area contributed by atoms with E-state index in [0.717, 1.165) is 29.7 Å². The fourth-order valence-corrected chi connectivity index (χ4v) is 2.73. The third-order valence-corrected chi connectivity index (χ3v) is 4.02. The van der Waals surface area contributed by atoms with Crippen molar-refractivity contribution >= 4 is 0 Å². The number of nitrogens with zero attached hydrogens (tertiary/aromatic N) is 2. The number of aromatic nitrogens is 2. The van der Waals surface area contributed by atoms with Gasteiger partial charge in [-0.15, -0.1) is 0 Å². The molecule has 0 bridgehead atoms. The molecule has 1 aliphatic heterocycles. The van der Waals surface area contributed by atoms with Gasteiger partial charge in [-0.2, -0.15) is 4.98 Å². The number of hydrogen-bond acceptors (Lipinski definition) is 4. The number of benzene rings is 2. The second-order valence-corrected chi connectivity index (χ2v) is 5.61.